The summed E-state index contributed by atoms with van der Waals surface area (Å²) < 4.78 is 6.79. The highest BCUT2D eigenvalue weighted by molar-refractivity contribution is 7.99. The minimum absolute atomic E-state index is 0.0671. The standard InChI is InChI=1S/C21H24ClN3O3S2/c1-3-9-23-17(26)13-30-21-24-19-18(20(27)25(21)10-6-11-28-2)15(12-29-19)14-7-4-5-8-16(14)22/h4-5,7-8,12H,3,6,9-11,13H2,1-2H3,(H,23,26). The molecule has 3 aromatic rings. The molecule has 0 aliphatic heterocycles. The largest absolute Gasteiger partial charge is 0.385 e. The molecule has 0 saturated heterocycles. The summed E-state index contributed by atoms with van der Waals surface area (Å²) in [5.41, 5.74) is 1.48. The third-order valence-electron chi connectivity index (χ3n) is 4.46. The molecule has 1 amide bonds. The second-order valence-electron chi connectivity index (χ2n) is 6.65. The van der Waals surface area contributed by atoms with Gasteiger partial charge in [0.1, 0.15) is 4.83 Å². The monoisotopic (exact) mass is 465 g/mol. The first-order valence-corrected chi connectivity index (χ1v) is 12.0. The fourth-order valence-corrected chi connectivity index (χ4v) is 5.08. The number of carbonyl (C=O) groups is 1. The van der Waals surface area contributed by atoms with Crippen molar-refractivity contribution in [2.45, 2.75) is 31.5 Å². The Labute approximate surface area is 188 Å². The summed E-state index contributed by atoms with van der Waals surface area (Å²) >= 11 is 9.07. The number of benzene rings is 1. The van der Waals surface area contributed by atoms with Gasteiger partial charge in [-0.15, -0.1) is 11.3 Å². The molecule has 1 aromatic carbocycles. The van der Waals surface area contributed by atoms with Crippen molar-refractivity contribution in [3.05, 3.63) is 45.0 Å². The van der Waals surface area contributed by atoms with Crippen molar-refractivity contribution in [2.24, 2.45) is 0 Å². The first-order valence-electron chi connectivity index (χ1n) is 9.72. The van der Waals surface area contributed by atoms with E-state index in [0.717, 1.165) is 17.5 Å². The Kier molecular flexibility index (Phi) is 8.32. The van der Waals surface area contributed by atoms with Crippen molar-refractivity contribution < 1.29 is 9.53 Å². The van der Waals surface area contributed by atoms with Crippen molar-refractivity contribution in [3.63, 3.8) is 0 Å². The Morgan fingerprint density at radius 3 is 2.87 bits per heavy atom. The Morgan fingerprint density at radius 1 is 1.33 bits per heavy atom. The number of rotatable bonds is 10. The van der Waals surface area contributed by atoms with Gasteiger partial charge < -0.3 is 10.1 Å². The van der Waals surface area contributed by atoms with E-state index in [1.165, 1.54) is 23.1 Å². The second kappa shape index (κ2) is 10.9. The van der Waals surface area contributed by atoms with Crippen LogP contribution in [-0.2, 0) is 16.1 Å². The van der Waals surface area contributed by atoms with Gasteiger partial charge in [0.15, 0.2) is 5.16 Å². The second-order valence-corrected chi connectivity index (χ2v) is 8.85. The number of ether oxygens (including phenoxy) is 1. The molecule has 0 fully saturated rings. The zero-order valence-electron chi connectivity index (χ0n) is 16.9. The van der Waals surface area contributed by atoms with Crippen LogP contribution in [0.4, 0.5) is 0 Å². The zero-order chi connectivity index (χ0) is 21.5. The molecule has 0 spiro atoms. The fourth-order valence-electron chi connectivity index (χ4n) is 3.00. The van der Waals surface area contributed by atoms with Crippen LogP contribution in [-0.4, -0.2) is 41.5 Å². The average molecular weight is 466 g/mol. The van der Waals surface area contributed by atoms with E-state index in [0.29, 0.717) is 46.5 Å². The quantitative estimate of drug-likeness (QED) is 0.272. The number of nitrogens with zero attached hydrogens (tertiary/aromatic N) is 2. The molecule has 0 aliphatic rings. The van der Waals surface area contributed by atoms with Gasteiger partial charge in [0.05, 0.1) is 11.1 Å². The van der Waals surface area contributed by atoms with E-state index in [9.17, 15) is 9.59 Å². The lowest BCUT2D eigenvalue weighted by atomic mass is 10.1. The molecule has 160 valence electrons. The van der Waals surface area contributed by atoms with E-state index in [-0.39, 0.29) is 17.2 Å². The predicted molar refractivity (Wildman–Crippen MR) is 125 cm³/mol. The Morgan fingerprint density at radius 2 is 2.13 bits per heavy atom. The van der Waals surface area contributed by atoms with E-state index >= 15 is 0 Å². The van der Waals surface area contributed by atoms with Gasteiger partial charge in [0.2, 0.25) is 5.91 Å². The number of hydrogen-bond acceptors (Lipinski definition) is 6. The molecule has 6 nitrogen and oxygen atoms in total. The third-order valence-corrected chi connectivity index (χ3v) is 6.64. The summed E-state index contributed by atoms with van der Waals surface area (Å²) in [6, 6.07) is 7.47. The molecule has 30 heavy (non-hydrogen) atoms. The minimum Gasteiger partial charge on any atom is -0.385 e. The van der Waals surface area contributed by atoms with Gasteiger partial charge in [0, 0.05) is 48.3 Å². The number of halogens is 1. The number of fused-ring (bicyclic) bond motifs is 1. The number of amides is 1. The van der Waals surface area contributed by atoms with E-state index in [1.807, 2.05) is 36.6 Å². The molecule has 0 atom stereocenters. The summed E-state index contributed by atoms with van der Waals surface area (Å²) in [6.07, 6.45) is 1.55. The van der Waals surface area contributed by atoms with Crippen LogP contribution < -0.4 is 10.9 Å². The average Bonchev–Trinajstić information content (AvgIpc) is 3.17. The number of nitrogens with one attached hydrogen (secondary N) is 1. The molecule has 3 rings (SSSR count). The van der Waals surface area contributed by atoms with Crippen molar-refractivity contribution >= 4 is 50.8 Å². The molecule has 0 aliphatic carbocycles. The van der Waals surface area contributed by atoms with Crippen LogP contribution in [0.2, 0.25) is 5.02 Å². The van der Waals surface area contributed by atoms with E-state index in [1.54, 1.807) is 11.7 Å². The Hall–Kier alpha value is -1.87. The lowest BCUT2D eigenvalue weighted by Crippen LogP contribution is -2.27. The summed E-state index contributed by atoms with van der Waals surface area (Å²) in [6.45, 7) is 3.64. The summed E-state index contributed by atoms with van der Waals surface area (Å²) in [7, 11) is 1.63. The highest BCUT2D eigenvalue weighted by atomic mass is 35.5. The van der Waals surface area contributed by atoms with Gasteiger partial charge in [-0.25, -0.2) is 4.98 Å². The lowest BCUT2D eigenvalue weighted by Gasteiger charge is -2.12. The van der Waals surface area contributed by atoms with Gasteiger partial charge in [-0.2, -0.15) is 0 Å². The van der Waals surface area contributed by atoms with Gasteiger partial charge in [-0.1, -0.05) is 48.5 Å². The van der Waals surface area contributed by atoms with Crippen molar-refractivity contribution in [1.29, 1.82) is 0 Å². The SMILES string of the molecule is CCCNC(=O)CSc1nc2scc(-c3ccccc3Cl)c2c(=O)n1CCCOC. The van der Waals surface area contributed by atoms with E-state index in [2.05, 4.69) is 5.32 Å². The predicted octanol–water partition coefficient (Wildman–Crippen LogP) is 4.43. The fraction of sp³-hybridized carbons (Fsp3) is 0.381. The number of hydrogen-bond donors (Lipinski definition) is 1. The van der Waals surface area contributed by atoms with Gasteiger partial charge in [0.25, 0.3) is 5.56 Å². The number of aromatic nitrogens is 2. The lowest BCUT2D eigenvalue weighted by molar-refractivity contribution is -0.118. The highest BCUT2D eigenvalue weighted by Crippen LogP contribution is 2.35. The molecular formula is C21H24ClN3O3S2. The van der Waals surface area contributed by atoms with Crippen LogP contribution in [0.5, 0.6) is 0 Å². The molecular weight excluding hydrogens is 442 g/mol. The maximum Gasteiger partial charge on any atom is 0.263 e. The number of methoxy groups -OCH3 is 1. The molecule has 0 radical (unpaired) electrons. The smallest absolute Gasteiger partial charge is 0.263 e. The molecule has 1 N–H and O–H groups in total. The van der Waals surface area contributed by atoms with Crippen molar-refractivity contribution in [2.75, 3.05) is 26.0 Å². The molecule has 0 bridgehead atoms. The molecule has 0 unspecified atom stereocenters. The van der Waals surface area contributed by atoms with Gasteiger partial charge >= 0.3 is 0 Å². The van der Waals surface area contributed by atoms with E-state index < -0.39 is 0 Å². The topological polar surface area (TPSA) is 73.2 Å². The normalized spacial score (nSPS) is 11.2. The summed E-state index contributed by atoms with van der Waals surface area (Å²) in [4.78, 5) is 30.9. The highest BCUT2D eigenvalue weighted by Gasteiger charge is 2.19. The Balaban J connectivity index is 2.02. The number of carbonyl (C=O) groups excluding carboxylic acids is 1. The van der Waals surface area contributed by atoms with Crippen molar-refractivity contribution in [3.8, 4) is 11.1 Å². The maximum absolute atomic E-state index is 13.5. The molecule has 9 heteroatoms. The molecule has 2 heterocycles. The van der Waals surface area contributed by atoms with Crippen LogP contribution in [0.3, 0.4) is 0 Å². The van der Waals surface area contributed by atoms with Crippen LogP contribution >= 0.6 is 34.7 Å². The van der Waals surface area contributed by atoms with Crippen LogP contribution in [0.15, 0.2) is 39.6 Å². The summed E-state index contributed by atoms with van der Waals surface area (Å²) in [5, 5.41) is 6.47. The first kappa shape index (κ1) is 22.8. The minimum atomic E-state index is -0.122. The van der Waals surface area contributed by atoms with Gasteiger partial charge in [-0.3, -0.25) is 14.2 Å². The molecule has 2 aromatic heterocycles. The molecule has 0 saturated carbocycles. The van der Waals surface area contributed by atoms with E-state index in [4.69, 9.17) is 21.3 Å². The van der Waals surface area contributed by atoms with Crippen LogP contribution in [0.25, 0.3) is 21.3 Å². The Bertz CT molecular complexity index is 1080. The first-order chi connectivity index (χ1) is 14.6. The zero-order valence-corrected chi connectivity index (χ0v) is 19.3. The van der Waals surface area contributed by atoms with Crippen LogP contribution in [0, 0.1) is 0 Å². The van der Waals surface area contributed by atoms with Gasteiger partial charge in [-0.05, 0) is 18.9 Å². The number of thiophene rings is 1. The van der Waals surface area contributed by atoms with Crippen LogP contribution in [0.1, 0.15) is 19.8 Å². The third kappa shape index (κ3) is 5.24. The van der Waals surface area contributed by atoms with Crippen molar-refractivity contribution in [1.82, 2.24) is 14.9 Å². The maximum atomic E-state index is 13.5. The number of thioether (sulfide) groups is 1. The summed E-state index contributed by atoms with van der Waals surface area (Å²) in [5.74, 6) is 0.146.